The van der Waals surface area contributed by atoms with Crippen molar-refractivity contribution in [2.45, 2.75) is 6.04 Å². The number of pyridine rings is 1. The van der Waals surface area contributed by atoms with E-state index in [4.69, 9.17) is 10.3 Å². The molecule has 3 N–H and O–H groups in total. The van der Waals surface area contributed by atoms with Gasteiger partial charge in [0, 0.05) is 10.9 Å². The Morgan fingerprint density at radius 1 is 1.11 bits per heavy atom. The second-order valence-corrected chi connectivity index (χ2v) is 4.09. The van der Waals surface area contributed by atoms with E-state index in [2.05, 4.69) is 10.4 Å². The first-order chi connectivity index (χ1) is 8.88. The van der Waals surface area contributed by atoms with Crippen LogP contribution in [0.1, 0.15) is 17.3 Å². The zero-order valence-corrected chi connectivity index (χ0v) is 9.71. The highest BCUT2D eigenvalue weighted by Crippen LogP contribution is 2.22. The van der Waals surface area contributed by atoms with Gasteiger partial charge in [-0.05, 0) is 18.2 Å². The Labute approximate surface area is 104 Å². The number of furan rings is 1. The molecule has 1 atom stereocenters. The Bertz CT molecular complexity index is 649. The molecule has 0 saturated heterocycles. The second kappa shape index (κ2) is 4.60. The molecule has 0 aliphatic rings. The summed E-state index contributed by atoms with van der Waals surface area (Å²) < 4.78 is 5.08. The molecule has 0 amide bonds. The van der Waals surface area contributed by atoms with Crippen LogP contribution in [0.15, 0.2) is 59.4 Å². The van der Waals surface area contributed by atoms with Gasteiger partial charge >= 0.3 is 0 Å². The Kier molecular flexibility index (Phi) is 2.80. The quantitative estimate of drug-likeness (QED) is 0.544. The number of para-hydroxylation sites is 1. The van der Waals surface area contributed by atoms with Gasteiger partial charge in [-0.25, -0.2) is 5.43 Å². The molecule has 0 aliphatic heterocycles. The average molecular weight is 239 g/mol. The van der Waals surface area contributed by atoms with E-state index in [1.807, 2.05) is 42.5 Å². The first-order valence-electron chi connectivity index (χ1n) is 5.72. The zero-order valence-electron chi connectivity index (χ0n) is 9.71. The highest BCUT2D eigenvalue weighted by molar-refractivity contribution is 5.78. The average Bonchev–Trinajstić information content (AvgIpc) is 2.93. The third kappa shape index (κ3) is 1.88. The number of fused-ring (bicyclic) bond motifs is 1. The molecule has 18 heavy (non-hydrogen) atoms. The minimum absolute atomic E-state index is 0.159. The number of hydrogen-bond donors (Lipinski definition) is 2. The molecule has 3 aromatic rings. The van der Waals surface area contributed by atoms with Gasteiger partial charge < -0.3 is 4.42 Å². The SMILES string of the molecule is NNC(c1ccoc1)c1ccc2ccccc2n1. The van der Waals surface area contributed by atoms with E-state index in [1.165, 1.54) is 0 Å². The predicted molar refractivity (Wildman–Crippen MR) is 69.6 cm³/mol. The molecule has 2 aromatic heterocycles. The van der Waals surface area contributed by atoms with Crippen LogP contribution >= 0.6 is 0 Å². The highest BCUT2D eigenvalue weighted by atomic mass is 16.3. The summed E-state index contributed by atoms with van der Waals surface area (Å²) >= 11 is 0. The lowest BCUT2D eigenvalue weighted by Crippen LogP contribution is -2.29. The second-order valence-electron chi connectivity index (χ2n) is 4.09. The summed E-state index contributed by atoms with van der Waals surface area (Å²) in [6, 6.07) is 13.7. The van der Waals surface area contributed by atoms with Crippen LogP contribution in [0.5, 0.6) is 0 Å². The molecule has 90 valence electrons. The van der Waals surface area contributed by atoms with Crippen LogP contribution < -0.4 is 11.3 Å². The molecule has 4 heteroatoms. The molecule has 4 nitrogen and oxygen atoms in total. The molecule has 1 unspecified atom stereocenters. The molecule has 0 spiro atoms. The first kappa shape index (κ1) is 11.0. The Hall–Kier alpha value is -2.17. The van der Waals surface area contributed by atoms with Crippen molar-refractivity contribution in [1.29, 1.82) is 0 Å². The number of nitrogens with one attached hydrogen (secondary N) is 1. The summed E-state index contributed by atoms with van der Waals surface area (Å²) in [5.74, 6) is 5.61. The van der Waals surface area contributed by atoms with Crippen molar-refractivity contribution in [2.75, 3.05) is 0 Å². The van der Waals surface area contributed by atoms with Crippen molar-refractivity contribution in [2.24, 2.45) is 5.84 Å². The molecule has 2 heterocycles. The van der Waals surface area contributed by atoms with E-state index in [1.54, 1.807) is 12.5 Å². The lowest BCUT2D eigenvalue weighted by Gasteiger charge is -2.14. The van der Waals surface area contributed by atoms with Gasteiger partial charge in [0.05, 0.1) is 29.8 Å². The maximum absolute atomic E-state index is 5.61. The van der Waals surface area contributed by atoms with E-state index in [-0.39, 0.29) is 6.04 Å². The third-order valence-electron chi connectivity index (χ3n) is 2.96. The molecule has 3 rings (SSSR count). The minimum atomic E-state index is -0.159. The Morgan fingerprint density at radius 2 is 2.00 bits per heavy atom. The van der Waals surface area contributed by atoms with E-state index >= 15 is 0 Å². The van der Waals surface area contributed by atoms with Crippen molar-refractivity contribution < 1.29 is 4.42 Å². The van der Waals surface area contributed by atoms with Crippen molar-refractivity contribution in [1.82, 2.24) is 10.4 Å². The lowest BCUT2D eigenvalue weighted by atomic mass is 10.1. The topological polar surface area (TPSA) is 64.1 Å². The molecular weight excluding hydrogens is 226 g/mol. The van der Waals surface area contributed by atoms with Gasteiger partial charge in [0.25, 0.3) is 0 Å². The number of aromatic nitrogens is 1. The number of nitrogens with two attached hydrogens (primary N) is 1. The molecule has 0 radical (unpaired) electrons. The summed E-state index contributed by atoms with van der Waals surface area (Å²) in [6.45, 7) is 0. The molecule has 0 aliphatic carbocycles. The van der Waals surface area contributed by atoms with Crippen LogP contribution in [-0.4, -0.2) is 4.98 Å². The maximum Gasteiger partial charge on any atom is 0.0954 e. The molecule has 0 bridgehead atoms. The fraction of sp³-hybridized carbons (Fsp3) is 0.0714. The summed E-state index contributed by atoms with van der Waals surface area (Å²) in [5.41, 5.74) is 5.55. The van der Waals surface area contributed by atoms with Gasteiger partial charge in [0.1, 0.15) is 0 Å². The maximum atomic E-state index is 5.61. The zero-order chi connectivity index (χ0) is 12.4. The summed E-state index contributed by atoms with van der Waals surface area (Å²) in [7, 11) is 0. The number of benzene rings is 1. The van der Waals surface area contributed by atoms with Gasteiger partial charge in [-0.3, -0.25) is 10.8 Å². The number of hydrazine groups is 1. The fourth-order valence-electron chi connectivity index (χ4n) is 2.03. The Balaban J connectivity index is 2.07. The summed E-state index contributed by atoms with van der Waals surface area (Å²) in [5, 5.41) is 1.12. The smallest absolute Gasteiger partial charge is 0.0954 e. The largest absolute Gasteiger partial charge is 0.472 e. The Morgan fingerprint density at radius 3 is 2.78 bits per heavy atom. The number of rotatable bonds is 3. The number of hydrogen-bond acceptors (Lipinski definition) is 4. The van der Waals surface area contributed by atoms with Gasteiger partial charge in [-0.15, -0.1) is 0 Å². The lowest BCUT2D eigenvalue weighted by molar-refractivity contribution is 0.551. The summed E-state index contributed by atoms with van der Waals surface area (Å²) in [6.07, 6.45) is 3.29. The normalized spacial score (nSPS) is 12.7. The van der Waals surface area contributed by atoms with Crippen LogP contribution in [0.25, 0.3) is 10.9 Å². The van der Waals surface area contributed by atoms with Crippen LogP contribution in [0, 0.1) is 0 Å². The van der Waals surface area contributed by atoms with E-state index in [0.717, 1.165) is 22.2 Å². The van der Waals surface area contributed by atoms with Crippen molar-refractivity contribution in [3.05, 3.63) is 66.2 Å². The van der Waals surface area contributed by atoms with Crippen molar-refractivity contribution in [3.8, 4) is 0 Å². The van der Waals surface area contributed by atoms with Crippen molar-refractivity contribution in [3.63, 3.8) is 0 Å². The standard InChI is InChI=1S/C14H13N3O/c15-17-14(11-7-8-18-9-11)13-6-5-10-3-1-2-4-12(10)16-13/h1-9,14,17H,15H2. The van der Waals surface area contributed by atoms with E-state index < -0.39 is 0 Å². The van der Waals surface area contributed by atoms with Crippen molar-refractivity contribution >= 4 is 10.9 Å². The first-order valence-corrected chi connectivity index (χ1v) is 5.72. The van der Waals surface area contributed by atoms with E-state index in [0.29, 0.717) is 0 Å². The van der Waals surface area contributed by atoms with Crippen LogP contribution in [0.4, 0.5) is 0 Å². The van der Waals surface area contributed by atoms with E-state index in [9.17, 15) is 0 Å². The number of nitrogens with zero attached hydrogens (tertiary/aromatic N) is 1. The molecule has 1 aromatic carbocycles. The molecule has 0 saturated carbocycles. The third-order valence-corrected chi connectivity index (χ3v) is 2.96. The predicted octanol–water partition coefficient (Wildman–Crippen LogP) is 2.38. The fourth-order valence-corrected chi connectivity index (χ4v) is 2.03. The van der Waals surface area contributed by atoms with Gasteiger partial charge in [-0.1, -0.05) is 24.3 Å². The van der Waals surface area contributed by atoms with Gasteiger partial charge in [-0.2, -0.15) is 0 Å². The molecular formula is C14H13N3O. The van der Waals surface area contributed by atoms with Crippen LogP contribution in [-0.2, 0) is 0 Å². The monoisotopic (exact) mass is 239 g/mol. The summed E-state index contributed by atoms with van der Waals surface area (Å²) in [4.78, 5) is 4.62. The van der Waals surface area contributed by atoms with Crippen LogP contribution in [0.2, 0.25) is 0 Å². The molecule has 0 fully saturated rings. The highest BCUT2D eigenvalue weighted by Gasteiger charge is 2.15. The van der Waals surface area contributed by atoms with Gasteiger partial charge in [0.15, 0.2) is 0 Å². The van der Waals surface area contributed by atoms with Crippen LogP contribution in [0.3, 0.4) is 0 Å². The minimum Gasteiger partial charge on any atom is -0.472 e. The van der Waals surface area contributed by atoms with Gasteiger partial charge in [0.2, 0.25) is 0 Å².